The van der Waals surface area contributed by atoms with E-state index in [1.807, 2.05) is 24.3 Å². The van der Waals surface area contributed by atoms with Crippen molar-refractivity contribution in [3.63, 3.8) is 0 Å². The zero-order valence-electron chi connectivity index (χ0n) is 17.5. The monoisotopic (exact) mass is 424 g/mol. The van der Waals surface area contributed by atoms with Gasteiger partial charge in [-0.3, -0.25) is 4.79 Å². The first kappa shape index (κ1) is 21.7. The molecule has 0 aliphatic rings. The van der Waals surface area contributed by atoms with Crippen molar-refractivity contribution in [3.8, 4) is 23.0 Å². The minimum absolute atomic E-state index is 0.206. The van der Waals surface area contributed by atoms with Crippen LogP contribution < -0.4 is 25.4 Å². The summed E-state index contributed by atoms with van der Waals surface area (Å²) < 4.78 is 15.9. The smallest absolute Gasteiger partial charge is 0.319 e. The van der Waals surface area contributed by atoms with Crippen molar-refractivity contribution in [3.05, 3.63) is 54.4 Å². The number of benzene rings is 2. The molecule has 2 aromatic carbocycles. The van der Waals surface area contributed by atoms with Gasteiger partial charge in [-0.15, -0.1) is 0 Å². The normalized spacial score (nSPS) is 10.3. The number of nitrogens with one attached hydrogen (secondary N) is 3. The molecule has 1 aromatic heterocycles. The topological polar surface area (TPSA) is 115 Å². The van der Waals surface area contributed by atoms with Crippen LogP contribution in [0.4, 0.5) is 16.2 Å². The quantitative estimate of drug-likeness (QED) is 0.508. The fourth-order valence-corrected chi connectivity index (χ4v) is 2.85. The average molecular weight is 424 g/mol. The molecule has 1 heterocycles. The van der Waals surface area contributed by atoms with Crippen molar-refractivity contribution in [2.75, 3.05) is 31.4 Å². The average Bonchev–Trinajstić information content (AvgIpc) is 3.22. The summed E-state index contributed by atoms with van der Waals surface area (Å²) in [7, 11) is 3.11. The fraction of sp³-hybridized carbons (Fsp3) is 0.227. The number of methoxy groups -OCH3 is 2. The SMILES string of the molecule is COc1ccc(-c2nc(CCNC(=O)Nc3cc(NC(C)=O)ccc3OC)co2)cc1. The molecule has 9 heteroatoms. The summed E-state index contributed by atoms with van der Waals surface area (Å²) in [5.74, 6) is 1.53. The Kier molecular flexibility index (Phi) is 7.10. The van der Waals surface area contributed by atoms with Gasteiger partial charge in [0, 0.05) is 31.1 Å². The molecule has 3 amide bonds. The first-order valence-electron chi connectivity index (χ1n) is 9.58. The van der Waals surface area contributed by atoms with Gasteiger partial charge in [0.25, 0.3) is 0 Å². The van der Waals surface area contributed by atoms with Gasteiger partial charge in [0.05, 0.1) is 25.6 Å². The fourth-order valence-electron chi connectivity index (χ4n) is 2.85. The molecule has 3 aromatic rings. The van der Waals surface area contributed by atoms with E-state index in [1.54, 1.807) is 31.6 Å². The number of hydrogen-bond acceptors (Lipinski definition) is 6. The lowest BCUT2D eigenvalue weighted by Gasteiger charge is -2.13. The number of rotatable bonds is 8. The molecule has 162 valence electrons. The zero-order chi connectivity index (χ0) is 22.2. The second-order valence-electron chi connectivity index (χ2n) is 6.60. The molecule has 0 bridgehead atoms. The summed E-state index contributed by atoms with van der Waals surface area (Å²) in [6.07, 6.45) is 2.06. The van der Waals surface area contributed by atoms with Crippen LogP contribution >= 0.6 is 0 Å². The minimum atomic E-state index is -0.405. The number of amides is 3. The van der Waals surface area contributed by atoms with Crippen LogP contribution in [0.5, 0.6) is 11.5 Å². The van der Waals surface area contributed by atoms with Crippen LogP contribution in [0.25, 0.3) is 11.5 Å². The van der Waals surface area contributed by atoms with E-state index in [-0.39, 0.29) is 5.91 Å². The number of carbonyl (C=O) groups is 2. The summed E-state index contributed by atoms with van der Waals surface area (Å²) in [4.78, 5) is 28.0. The zero-order valence-corrected chi connectivity index (χ0v) is 17.5. The van der Waals surface area contributed by atoms with Crippen LogP contribution in [0.3, 0.4) is 0 Å². The third kappa shape index (κ3) is 5.99. The first-order valence-corrected chi connectivity index (χ1v) is 9.58. The van der Waals surface area contributed by atoms with E-state index in [4.69, 9.17) is 13.9 Å². The van der Waals surface area contributed by atoms with E-state index in [0.29, 0.717) is 36.0 Å². The number of nitrogens with zero attached hydrogens (tertiary/aromatic N) is 1. The Bertz CT molecular complexity index is 1050. The Balaban J connectivity index is 1.53. The lowest BCUT2D eigenvalue weighted by Crippen LogP contribution is -2.30. The Morgan fingerprint density at radius 3 is 2.48 bits per heavy atom. The van der Waals surface area contributed by atoms with Crippen molar-refractivity contribution in [2.45, 2.75) is 13.3 Å². The molecule has 0 unspecified atom stereocenters. The van der Waals surface area contributed by atoms with Gasteiger partial charge in [-0.1, -0.05) is 0 Å². The van der Waals surface area contributed by atoms with Crippen LogP contribution in [-0.4, -0.2) is 37.7 Å². The maximum atomic E-state index is 12.3. The van der Waals surface area contributed by atoms with E-state index in [0.717, 1.165) is 17.0 Å². The number of aromatic nitrogens is 1. The Labute approximate surface area is 179 Å². The second kappa shape index (κ2) is 10.1. The molecule has 0 aliphatic carbocycles. The maximum Gasteiger partial charge on any atom is 0.319 e. The number of ether oxygens (including phenoxy) is 2. The van der Waals surface area contributed by atoms with Crippen molar-refractivity contribution in [1.29, 1.82) is 0 Å². The molecule has 0 saturated carbocycles. The van der Waals surface area contributed by atoms with Gasteiger partial charge in [0.1, 0.15) is 17.8 Å². The lowest BCUT2D eigenvalue weighted by atomic mass is 10.2. The van der Waals surface area contributed by atoms with Crippen LogP contribution in [0.15, 0.2) is 53.1 Å². The Morgan fingerprint density at radius 2 is 1.81 bits per heavy atom. The molecule has 3 N–H and O–H groups in total. The van der Waals surface area contributed by atoms with Crippen LogP contribution in [0.1, 0.15) is 12.6 Å². The van der Waals surface area contributed by atoms with E-state index in [2.05, 4.69) is 20.9 Å². The molecule has 31 heavy (non-hydrogen) atoms. The molecular formula is C22H24N4O5. The molecule has 0 spiro atoms. The summed E-state index contributed by atoms with van der Waals surface area (Å²) in [6.45, 7) is 1.77. The second-order valence-corrected chi connectivity index (χ2v) is 6.60. The van der Waals surface area contributed by atoms with Crippen LogP contribution in [0.2, 0.25) is 0 Å². The van der Waals surface area contributed by atoms with Gasteiger partial charge in [0.15, 0.2) is 0 Å². The van der Waals surface area contributed by atoms with Gasteiger partial charge in [0.2, 0.25) is 11.8 Å². The van der Waals surface area contributed by atoms with Crippen LogP contribution in [0, 0.1) is 0 Å². The number of carbonyl (C=O) groups excluding carboxylic acids is 2. The Morgan fingerprint density at radius 1 is 1.03 bits per heavy atom. The highest BCUT2D eigenvalue weighted by Gasteiger charge is 2.11. The van der Waals surface area contributed by atoms with Crippen molar-refractivity contribution >= 4 is 23.3 Å². The van der Waals surface area contributed by atoms with E-state index < -0.39 is 6.03 Å². The molecule has 0 atom stereocenters. The van der Waals surface area contributed by atoms with Gasteiger partial charge in [-0.05, 0) is 42.5 Å². The first-order chi connectivity index (χ1) is 15.0. The highest BCUT2D eigenvalue weighted by Crippen LogP contribution is 2.28. The summed E-state index contributed by atoms with van der Waals surface area (Å²) in [6, 6.07) is 12.0. The predicted molar refractivity (Wildman–Crippen MR) is 117 cm³/mol. The predicted octanol–water partition coefficient (Wildman–Crippen LogP) is 3.68. The number of anilines is 2. The standard InChI is InChI=1S/C22H24N4O5/c1-14(27)24-16-6-9-20(30-3)19(12-16)26-22(28)23-11-10-17-13-31-21(25-17)15-4-7-18(29-2)8-5-15/h4-9,12-13H,10-11H2,1-3H3,(H,24,27)(H2,23,26,28). The van der Waals surface area contributed by atoms with E-state index >= 15 is 0 Å². The molecule has 0 aliphatic heterocycles. The molecule has 0 saturated heterocycles. The highest BCUT2D eigenvalue weighted by molar-refractivity contribution is 5.94. The summed E-state index contributed by atoms with van der Waals surface area (Å²) in [5.41, 5.74) is 2.55. The highest BCUT2D eigenvalue weighted by atomic mass is 16.5. The number of urea groups is 1. The summed E-state index contributed by atoms with van der Waals surface area (Å²) in [5, 5.41) is 8.15. The third-order valence-corrected chi connectivity index (χ3v) is 4.32. The number of oxazole rings is 1. The van der Waals surface area contributed by atoms with Gasteiger partial charge < -0.3 is 29.8 Å². The largest absolute Gasteiger partial charge is 0.497 e. The maximum absolute atomic E-state index is 12.3. The summed E-state index contributed by atoms with van der Waals surface area (Å²) >= 11 is 0. The number of hydrogen-bond donors (Lipinski definition) is 3. The van der Waals surface area contributed by atoms with Crippen molar-refractivity contribution in [2.24, 2.45) is 0 Å². The molecule has 9 nitrogen and oxygen atoms in total. The van der Waals surface area contributed by atoms with Crippen molar-refractivity contribution in [1.82, 2.24) is 10.3 Å². The van der Waals surface area contributed by atoms with Crippen LogP contribution in [-0.2, 0) is 11.2 Å². The molecule has 0 radical (unpaired) electrons. The van der Waals surface area contributed by atoms with Gasteiger partial charge in [-0.25, -0.2) is 9.78 Å². The van der Waals surface area contributed by atoms with E-state index in [9.17, 15) is 9.59 Å². The molecular weight excluding hydrogens is 400 g/mol. The Hall–Kier alpha value is -4.01. The van der Waals surface area contributed by atoms with Gasteiger partial charge >= 0.3 is 6.03 Å². The van der Waals surface area contributed by atoms with Crippen molar-refractivity contribution < 1.29 is 23.5 Å². The van der Waals surface area contributed by atoms with Gasteiger partial charge in [-0.2, -0.15) is 0 Å². The van der Waals surface area contributed by atoms with E-state index in [1.165, 1.54) is 14.0 Å². The molecule has 0 fully saturated rings. The third-order valence-electron chi connectivity index (χ3n) is 4.32. The molecule has 3 rings (SSSR count). The lowest BCUT2D eigenvalue weighted by molar-refractivity contribution is -0.114. The minimum Gasteiger partial charge on any atom is -0.497 e.